The van der Waals surface area contributed by atoms with Gasteiger partial charge in [0.2, 0.25) is 5.91 Å². The molecule has 0 bridgehead atoms. The number of nitrogens with zero attached hydrogens (tertiary/aromatic N) is 3. The van der Waals surface area contributed by atoms with Gasteiger partial charge in [0.15, 0.2) is 0 Å². The van der Waals surface area contributed by atoms with E-state index in [-0.39, 0.29) is 34.7 Å². The van der Waals surface area contributed by atoms with Crippen molar-refractivity contribution in [2.24, 2.45) is 0 Å². The Bertz CT molecular complexity index is 863. The average Bonchev–Trinajstić information content (AvgIpc) is 2.89. The van der Waals surface area contributed by atoms with Crippen LogP contribution in [0.1, 0.15) is 6.42 Å². The minimum Gasteiger partial charge on any atom is -0.370 e. The molecule has 9 heteroatoms. The molecule has 0 radical (unpaired) electrons. The topological polar surface area (TPSA) is 78.7 Å². The molecule has 0 aliphatic carbocycles. The van der Waals surface area contributed by atoms with Gasteiger partial charge in [-0.2, -0.15) is 0 Å². The van der Waals surface area contributed by atoms with Crippen molar-refractivity contribution in [3.05, 3.63) is 63.4 Å². The Morgan fingerprint density at radius 3 is 2.61 bits per heavy atom. The summed E-state index contributed by atoms with van der Waals surface area (Å²) in [5.74, 6) is -0.589. The maximum absolute atomic E-state index is 13.1. The van der Waals surface area contributed by atoms with E-state index in [4.69, 9.17) is 11.6 Å². The number of hydrogen-bond donors (Lipinski definition) is 1. The lowest BCUT2D eigenvalue weighted by Gasteiger charge is -2.23. The predicted molar refractivity (Wildman–Crippen MR) is 106 cm³/mol. The number of nitro benzene ring substituents is 1. The fourth-order valence-electron chi connectivity index (χ4n) is 3.19. The lowest BCUT2D eigenvalue weighted by Crippen LogP contribution is -2.36. The Morgan fingerprint density at radius 2 is 1.89 bits per heavy atom. The molecule has 1 saturated heterocycles. The van der Waals surface area contributed by atoms with E-state index in [1.165, 1.54) is 30.3 Å². The standard InChI is InChI=1S/C19H20ClFN4O3/c20-14-2-7-17(18(12-14)25(27)28)22-19(26)13-23-8-1-9-24(11-10-23)16-5-3-15(21)4-6-16/h2-7,12H,1,8-11,13H2,(H,22,26). The summed E-state index contributed by atoms with van der Waals surface area (Å²) in [6, 6.07) is 10.5. The molecule has 3 rings (SSSR count). The van der Waals surface area contributed by atoms with Crippen LogP contribution in [0.3, 0.4) is 0 Å². The summed E-state index contributed by atoms with van der Waals surface area (Å²) < 4.78 is 13.1. The second-order valence-electron chi connectivity index (χ2n) is 6.56. The molecule has 1 N–H and O–H groups in total. The highest BCUT2D eigenvalue weighted by Gasteiger charge is 2.20. The van der Waals surface area contributed by atoms with Crippen molar-refractivity contribution in [3.8, 4) is 0 Å². The van der Waals surface area contributed by atoms with Crippen LogP contribution in [0, 0.1) is 15.9 Å². The van der Waals surface area contributed by atoms with Crippen molar-refractivity contribution >= 4 is 34.6 Å². The van der Waals surface area contributed by atoms with E-state index in [1.807, 2.05) is 4.90 Å². The second-order valence-corrected chi connectivity index (χ2v) is 7.00. The number of benzene rings is 2. The highest BCUT2D eigenvalue weighted by molar-refractivity contribution is 6.31. The van der Waals surface area contributed by atoms with Gasteiger partial charge in [0.05, 0.1) is 11.5 Å². The third-order valence-electron chi connectivity index (χ3n) is 4.58. The molecule has 7 nitrogen and oxygen atoms in total. The maximum atomic E-state index is 13.1. The first-order valence-electron chi connectivity index (χ1n) is 8.89. The van der Waals surface area contributed by atoms with E-state index in [0.29, 0.717) is 13.1 Å². The van der Waals surface area contributed by atoms with Crippen LogP contribution in [0.5, 0.6) is 0 Å². The van der Waals surface area contributed by atoms with Crippen LogP contribution >= 0.6 is 11.6 Å². The summed E-state index contributed by atoms with van der Waals surface area (Å²) in [4.78, 5) is 27.1. The van der Waals surface area contributed by atoms with E-state index >= 15 is 0 Å². The van der Waals surface area contributed by atoms with Gasteiger partial charge in [-0.15, -0.1) is 0 Å². The zero-order valence-corrected chi connectivity index (χ0v) is 15.9. The molecular weight excluding hydrogens is 387 g/mol. The fourth-order valence-corrected chi connectivity index (χ4v) is 3.36. The van der Waals surface area contributed by atoms with Gasteiger partial charge in [-0.05, 0) is 42.8 Å². The van der Waals surface area contributed by atoms with Gasteiger partial charge >= 0.3 is 0 Å². The van der Waals surface area contributed by atoms with Gasteiger partial charge < -0.3 is 10.2 Å². The van der Waals surface area contributed by atoms with Crippen molar-refractivity contribution in [1.82, 2.24) is 4.90 Å². The fraction of sp³-hybridized carbons (Fsp3) is 0.316. The molecule has 2 aromatic carbocycles. The summed E-state index contributed by atoms with van der Waals surface area (Å²) in [7, 11) is 0. The SMILES string of the molecule is O=C(CN1CCCN(c2ccc(F)cc2)CC1)Nc1ccc(Cl)cc1[N+](=O)[O-]. The normalized spacial score (nSPS) is 15.1. The summed E-state index contributed by atoms with van der Waals surface area (Å²) in [5, 5.41) is 14.0. The summed E-state index contributed by atoms with van der Waals surface area (Å²) >= 11 is 5.79. The van der Waals surface area contributed by atoms with Crippen molar-refractivity contribution in [1.29, 1.82) is 0 Å². The number of nitro groups is 1. The van der Waals surface area contributed by atoms with Crippen LogP contribution in [0.2, 0.25) is 5.02 Å². The Kier molecular flexibility index (Phi) is 6.43. The molecule has 0 aromatic heterocycles. The number of hydrogen-bond acceptors (Lipinski definition) is 5. The molecule has 2 aromatic rings. The van der Waals surface area contributed by atoms with Gasteiger partial charge in [-0.1, -0.05) is 11.6 Å². The van der Waals surface area contributed by atoms with E-state index in [0.717, 1.165) is 25.2 Å². The van der Waals surface area contributed by atoms with Gasteiger partial charge in [0.25, 0.3) is 5.69 Å². The smallest absolute Gasteiger partial charge is 0.294 e. The average molecular weight is 407 g/mol. The predicted octanol–water partition coefficient (Wildman–Crippen LogP) is 3.54. The minimum atomic E-state index is -0.575. The monoisotopic (exact) mass is 406 g/mol. The first-order valence-corrected chi connectivity index (χ1v) is 9.27. The molecule has 0 saturated carbocycles. The molecule has 0 unspecified atom stereocenters. The summed E-state index contributed by atoms with van der Waals surface area (Å²) in [6.45, 7) is 3.05. The van der Waals surface area contributed by atoms with Gasteiger partial charge in [-0.3, -0.25) is 19.8 Å². The summed E-state index contributed by atoms with van der Waals surface area (Å²) in [6.07, 6.45) is 0.853. The molecule has 1 heterocycles. The quantitative estimate of drug-likeness (QED) is 0.607. The molecule has 0 spiro atoms. The molecule has 1 aliphatic heterocycles. The molecule has 1 fully saturated rings. The molecule has 1 aliphatic rings. The second kappa shape index (κ2) is 8.99. The zero-order valence-electron chi connectivity index (χ0n) is 15.1. The number of halogens is 2. The van der Waals surface area contributed by atoms with Crippen LogP contribution in [-0.4, -0.2) is 48.5 Å². The summed E-state index contributed by atoms with van der Waals surface area (Å²) in [5.41, 5.74) is 0.839. The van der Waals surface area contributed by atoms with E-state index in [2.05, 4.69) is 10.2 Å². The minimum absolute atomic E-state index is 0.127. The van der Waals surface area contributed by atoms with E-state index in [1.54, 1.807) is 12.1 Å². The third-order valence-corrected chi connectivity index (χ3v) is 4.81. The highest BCUT2D eigenvalue weighted by atomic mass is 35.5. The Balaban J connectivity index is 1.58. The Hall–Kier alpha value is -2.71. The van der Waals surface area contributed by atoms with Gasteiger partial charge in [0, 0.05) is 43.0 Å². The van der Waals surface area contributed by atoms with Crippen LogP contribution in [0.25, 0.3) is 0 Å². The number of rotatable bonds is 5. The van der Waals surface area contributed by atoms with Crippen molar-refractivity contribution in [2.75, 3.05) is 42.9 Å². The maximum Gasteiger partial charge on any atom is 0.294 e. The first-order chi connectivity index (χ1) is 13.4. The van der Waals surface area contributed by atoms with Crippen molar-refractivity contribution in [3.63, 3.8) is 0 Å². The lowest BCUT2D eigenvalue weighted by molar-refractivity contribution is -0.383. The third kappa shape index (κ3) is 5.17. The van der Waals surface area contributed by atoms with E-state index in [9.17, 15) is 19.3 Å². The molecular formula is C19H20ClFN4O3. The molecule has 148 valence electrons. The van der Waals surface area contributed by atoms with Crippen LogP contribution in [0.15, 0.2) is 42.5 Å². The number of nitrogens with one attached hydrogen (secondary N) is 1. The number of anilines is 2. The van der Waals surface area contributed by atoms with Crippen molar-refractivity contribution < 1.29 is 14.1 Å². The zero-order chi connectivity index (χ0) is 20.1. The number of amides is 1. The van der Waals surface area contributed by atoms with Gasteiger partial charge in [0.1, 0.15) is 11.5 Å². The first kappa shape index (κ1) is 20.0. The van der Waals surface area contributed by atoms with Crippen LogP contribution in [0.4, 0.5) is 21.5 Å². The molecule has 1 amide bonds. The Labute approximate surface area is 166 Å². The highest BCUT2D eigenvalue weighted by Crippen LogP contribution is 2.27. The van der Waals surface area contributed by atoms with Crippen LogP contribution < -0.4 is 10.2 Å². The molecule has 0 atom stereocenters. The largest absolute Gasteiger partial charge is 0.370 e. The van der Waals surface area contributed by atoms with Crippen molar-refractivity contribution in [2.45, 2.75) is 6.42 Å². The lowest BCUT2D eigenvalue weighted by atomic mass is 10.2. The van der Waals surface area contributed by atoms with E-state index < -0.39 is 4.92 Å². The molecule has 28 heavy (non-hydrogen) atoms. The Morgan fingerprint density at radius 1 is 1.14 bits per heavy atom. The number of carbonyl (C=O) groups is 1. The number of carbonyl (C=O) groups excluding carboxylic acids is 1. The van der Waals surface area contributed by atoms with Crippen LogP contribution in [-0.2, 0) is 4.79 Å². The van der Waals surface area contributed by atoms with Gasteiger partial charge in [-0.25, -0.2) is 4.39 Å².